The Labute approximate surface area is 72.1 Å². The molecule has 0 bridgehead atoms. The molecule has 0 radical (unpaired) electrons. The van der Waals surface area contributed by atoms with Crippen molar-refractivity contribution in [1.82, 2.24) is 4.98 Å². The first-order valence-corrected chi connectivity index (χ1v) is 3.58. The highest BCUT2D eigenvalue weighted by Crippen LogP contribution is 2.14. The van der Waals surface area contributed by atoms with Gasteiger partial charge in [0.15, 0.2) is 0 Å². The number of terminal acetylenes is 1. The summed E-state index contributed by atoms with van der Waals surface area (Å²) < 4.78 is 0. The van der Waals surface area contributed by atoms with E-state index in [1.807, 2.05) is 6.07 Å². The van der Waals surface area contributed by atoms with Crippen LogP contribution in [-0.4, -0.2) is 4.98 Å². The third-order valence-electron chi connectivity index (χ3n) is 1.62. The molecule has 0 aliphatic heterocycles. The molecule has 2 heteroatoms. The minimum absolute atomic E-state index is 0.209. The van der Waals surface area contributed by atoms with E-state index in [4.69, 9.17) is 12.2 Å². The summed E-state index contributed by atoms with van der Waals surface area (Å²) in [6.45, 7) is 3.60. The van der Waals surface area contributed by atoms with Crippen molar-refractivity contribution in [2.24, 2.45) is 5.73 Å². The smallest absolute Gasteiger partial charge is 0.0492 e. The maximum absolute atomic E-state index is 5.73. The minimum atomic E-state index is -0.209. The summed E-state index contributed by atoms with van der Waals surface area (Å²) in [5.41, 5.74) is 7.35. The molecular formula is C10H10N2. The van der Waals surface area contributed by atoms with Gasteiger partial charge < -0.3 is 5.73 Å². The molecule has 1 atom stereocenters. The maximum atomic E-state index is 5.73. The first-order chi connectivity index (χ1) is 5.79. The molecule has 0 aromatic carbocycles. The second kappa shape index (κ2) is 3.70. The van der Waals surface area contributed by atoms with Gasteiger partial charge in [-0.15, -0.1) is 13.0 Å². The van der Waals surface area contributed by atoms with Gasteiger partial charge in [0.2, 0.25) is 0 Å². The Bertz CT molecular complexity index is 323. The second-order valence-corrected chi connectivity index (χ2v) is 2.37. The largest absolute Gasteiger partial charge is 0.321 e. The first-order valence-electron chi connectivity index (χ1n) is 3.58. The van der Waals surface area contributed by atoms with Crippen LogP contribution in [0.5, 0.6) is 0 Å². The number of pyridine rings is 1. The van der Waals surface area contributed by atoms with Gasteiger partial charge in [-0.05, 0) is 11.6 Å². The van der Waals surface area contributed by atoms with Gasteiger partial charge in [0, 0.05) is 24.0 Å². The van der Waals surface area contributed by atoms with Gasteiger partial charge in [-0.3, -0.25) is 4.98 Å². The fourth-order valence-corrected chi connectivity index (χ4v) is 0.943. The van der Waals surface area contributed by atoms with Gasteiger partial charge in [-0.2, -0.15) is 0 Å². The molecule has 0 spiro atoms. The molecular weight excluding hydrogens is 148 g/mol. The zero-order chi connectivity index (χ0) is 8.97. The number of rotatable bonds is 2. The van der Waals surface area contributed by atoms with E-state index in [-0.39, 0.29) is 6.04 Å². The lowest BCUT2D eigenvalue weighted by Gasteiger charge is -2.07. The fraction of sp³-hybridized carbons (Fsp3) is 0.100. The van der Waals surface area contributed by atoms with Crippen molar-refractivity contribution in [3.8, 4) is 12.3 Å². The standard InChI is InChI=1S/C10H10N2/c1-3-8-7-12-6-5-9(8)10(11)4-2/h1,4-7,10H,2,11H2/t10-/m1/s1. The van der Waals surface area contributed by atoms with Crippen molar-refractivity contribution in [3.05, 3.63) is 42.2 Å². The molecule has 2 N–H and O–H groups in total. The summed E-state index contributed by atoms with van der Waals surface area (Å²) in [5.74, 6) is 2.52. The van der Waals surface area contributed by atoms with E-state index in [1.54, 1.807) is 18.5 Å². The zero-order valence-corrected chi connectivity index (χ0v) is 6.70. The Hall–Kier alpha value is -1.59. The van der Waals surface area contributed by atoms with Crippen molar-refractivity contribution in [1.29, 1.82) is 0 Å². The number of hydrogen-bond donors (Lipinski definition) is 1. The highest BCUT2D eigenvalue weighted by Gasteiger charge is 2.04. The topological polar surface area (TPSA) is 38.9 Å². The quantitative estimate of drug-likeness (QED) is 0.519. The van der Waals surface area contributed by atoms with Crippen LogP contribution in [0.15, 0.2) is 31.1 Å². The molecule has 0 unspecified atom stereocenters. The molecule has 0 fully saturated rings. The van der Waals surface area contributed by atoms with Gasteiger partial charge in [0.25, 0.3) is 0 Å². The van der Waals surface area contributed by atoms with Crippen molar-refractivity contribution in [3.63, 3.8) is 0 Å². The van der Waals surface area contributed by atoms with E-state index in [0.29, 0.717) is 0 Å². The number of nitrogens with zero attached hydrogens (tertiary/aromatic N) is 1. The fourth-order valence-electron chi connectivity index (χ4n) is 0.943. The SMILES string of the molecule is C#Cc1cnccc1[C@H](N)C=C. The van der Waals surface area contributed by atoms with Gasteiger partial charge in [-0.25, -0.2) is 0 Å². The molecule has 1 aromatic heterocycles. The Morgan fingerprint density at radius 3 is 3.08 bits per heavy atom. The van der Waals surface area contributed by atoms with Crippen LogP contribution < -0.4 is 5.73 Å². The summed E-state index contributed by atoms with van der Waals surface area (Å²) in [7, 11) is 0. The molecule has 60 valence electrons. The van der Waals surface area contributed by atoms with Crippen LogP contribution in [0.4, 0.5) is 0 Å². The maximum Gasteiger partial charge on any atom is 0.0492 e. The molecule has 1 rings (SSSR count). The molecule has 0 aliphatic carbocycles. The Balaban J connectivity index is 3.15. The minimum Gasteiger partial charge on any atom is -0.321 e. The van der Waals surface area contributed by atoms with Crippen LogP contribution in [0.2, 0.25) is 0 Å². The highest BCUT2D eigenvalue weighted by atomic mass is 14.7. The molecule has 0 saturated heterocycles. The van der Waals surface area contributed by atoms with Crippen molar-refractivity contribution < 1.29 is 0 Å². The summed E-state index contributed by atoms with van der Waals surface area (Å²) in [4.78, 5) is 3.90. The van der Waals surface area contributed by atoms with Crippen molar-refractivity contribution in [2.75, 3.05) is 0 Å². The Morgan fingerprint density at radius 2 is 2.50 bits per heavy atom. The molecule has 1 aromatic rings. The van der Waals surface area contributed by atoms with E-state index in [0.717, 1.165) is 11.1 Å². The van der Waals surface area contributed by atoms with Crippen LogP contribution in [0.3, 0.4) is 0 Å². The van der Waals surface area contributed by atoms with Crippen LogP contribution in [0, 0.1) is 12.3 Å². The number of aromatic nitrogens is 1. The van der Waals surface area contributed by atoms with Gasteiger partial charge in [0.1, 0.15) is 0 Å². The normalized spacial score (nSPS) is 11.7. The van der Waals surface area contributed by atoms with Crippen molar-refractivity contribution in [2.45, 2.75) is 6.04 Å². The average Bonchev–Trinajstić information content (AvgIpc) is 2.16. The van der Waals surface area contributed by atoms with Crippen LogP contribution in [0.25, 0.3) is 0 Å². The second-order valence-electron chi connectivity index (χ2n) is 2.37. The summed E-state index contributed by atoms with van der Waals surface area (Å²) in [6, 6.07) is 1.60. The van der Waals surface area contributed by atoms with E-state index >= 15 is 0 Å². The molecule has 2 nitrogen and oxygen atoms in total. The van der Waals surface area contributed by atoms with Crippen molar-refractivity contribution >= 4 is 0 Å². The van der Waals surface area contributed by atoms with Gasteiger partial charge in [-0.1, -0.05) is 12.0 Å². The predicted octanol–water partition coefficient (Wildman–Crippen LogP) is 1.25. The van der Waals surface area contributed by atoms with E-state index in [9.17, 15) is 0 Å². The lowest BCUT2D eigenvalue weighted by Crippen LogP contribution is -2.08. The molecule has 0 amide bonds. The first kappa shape index (κ1) is 8.51. The molecule has 1 heterocycles. The molecule has 0 aliphatic rings. The lowest BCUT2D eigenvalue weighted by molar-refractivity contribution is 0.905. The summed E-state index contributed by atoms with van der Waals surface area (Å²) in [6.07, 6.45) is 10.2. The van der Waals surface area contributed by atoms with Crippen LogP contribution >= 0.6 is 0 Å². The monoisotopic (exact) mass is 158 g/mol. The van der Waals surface area contributed by atoms with Gasteiger partial charge >= 0.3 is 0 Å². The average molecular weight is 158 g/mol. The summed E-state index contributed by atoms with van der Waals surface area (Å²) >= 11 is 0. The third kappa shape index (κ3) is 1.52. The Morgan fingerprint density at radius 1 is 1.75 bits per heavy atom. The predicted molar refractivity (Wildman–Crippen MR) is 49.3 cm³/mol. The highest BCUT2D eigenvalue weighted by molar-refractivity contribution is 5.40. The van der Waals surface area contributed by atoms with Crippen LogP contribution in [0.1, 0.15) is 17.2 Å². The lowest BCUT2D eigenvalue weighted by atomic mass is 10.0. The van der Waals surface area contributed by atoms with Crippen LogP contribution in [-0.2, 0) is 0 Å². The zero-order valence-electron chi connectivity index (χ0n) is 6.70. The van der Waals surface area contributed by atoms with E-state index in [1.165, 1.54) is 0 Å². The third-order valence-corrected chi connectivity index (χ3v) is 1.62. The van der Waals surface area contributed by atoms with E-state index < -0.39 is 0 Å². The van der Waals surface area contributed by atoms with E-state index in [2.05, 4.69) is 17.5 Å². The van der Waals surface area contributed by atoms with Gasteiger partial charge in [0.05, 0.1) is 0 Å². The number of nitrogens with two attached hydrogens (primary N) is 1. The molecule has 0 saturated carbocycles. The molecule has 12 heavy (non-hydrogen) atoms. The Kier molecular flexibility index (Phi) is 2.62. The number of hydrogen-bond acceptors (Lipinski definition) is 2. The summed E-state index contributed by atoms with van der Waals surface area (Å²) in [5, 5.41) is 0.